The Hall–Kier alpha value is -2.62. The second-order valence-electron chi connectivity index (χ2n) is 5.61. The van der Waals surface area contributed by atoms with Gasteiger partial charge in [0.15, 0.2) is 0 Å². The number of amides is 1. The molecule has 0 aliphatic carbocycles. The number of anilines is 1. The van der Waals surface area contributed by atoms with Gasteiger partial charge in [0, 0.05) is 42.2 Å². The molecule has 4 nitrogen and oxygen atoms in total. The van der Waals surface area contributed by atoms with Crippen LogP contribution < -0.4 is 5.32 Å². The lowest BCUT2D eigenvalue weighted by molar-refractivity contribution is -0.117. The van der Waals surface area contributed by atoms with Crippen LogP contribution in [0.1, 0.15) is 24.0 Å². The number of hydrogen-bond acceptors (Lipinski definition) is 2. The van der Waals surface area contributed by atoms with Gasteiger partial charge < -0.3 is 9.88 Å². The van der Waals surface area contributed by atoms with Crippen molar-refractivity contribution in [2.45, 2.75) is 19.8 Å². The van der Waals surface area contributed by atoms with E-state index in [-0.39, 0.29) is 11.8 Å². The molecule has 1 unspecified atom stereocenters. The van der Waals surface area contributed by atoms with Crippen LogP contribution in [-0.4, -0.2) is 15.5 Å². The van der Waals surface area contributed by atoms with Gasteiger partial charge in [-0.05, 0) is 37.1 Å². The normalized spacial score (nSPS) is 12.3. The molecule has 0 spiro atoms. The number of rotatable bonds is 3. The van der Waals surface area contributed by atoms with E-state index in [4.69, 9.17) is 0 Å². The molecule has 2 aromatic heterocycles. The number of carbonyl (C=O) groups excluding carboxylic acids is 1. The van der Waals surface area contributed by atoms with E-state index in [1.54, 1.807) is 12.4 Å². The predicted molar refractivity (Wildman–Crippen MR) is 88.9 cm³/mol. The second kappa shape index (κ2) is 5.64. The maximum absolute atomic E-state index is 12.6. The van der Waals surface area contributed by atoms with E-state index < -0.39 is 0 Å². The molecule has 1 aromatic carbocycles. The number of benzene rings is 1. The third-order valence-electron chi connectivity index (χ3n) is 4.07. The van der Waals surface area contributed by atoms with Crippen LogP contribution in [-0.2, 0) is 11.8 Å². The van der Waals surface area contributed by atoms with Crippen molar-refractivity contribution in [3.05, 3.63) is 60.0 Å². The fourth-order valence-electron chi connectivity index (χ4n) is 2.71. The van der Waals surface area contributed by atoms with E-state index in [0.29, 0.717) is 0 Å². The largest absolute Gasteiger partial charge is 0.350 e. The molecule has 3 aromatic rings. The smallest absolute Gasteiger partial charge is 0.231 e. The minimum atomic E-state index is -0.223. The van der Waals surface area contributed by atoms with Gasteiger partial charge in [-0.15, -0.1) is 0 Å². The van der Waals surface area contributed by atoms with Crippen LogP contribution in [0.15, 0.2) is 48.9 Å². The summed E-state index contributed by atoms with van der Waals surface area (Å²) in [7, 11) is 2.00. The Morgan fingerprint density at radius 1 is 1.27 bits per heavy atom. The Balaban J connectivity index is 1.91. The summed E-state index contributed by atoms with van der Waals surface area (Å²) >= 11 is 0. The monoisotopic (exact) mass is 293 g/mol. The first-order valence-electron chi connectivity index (χ1n) is 7.33. The van der Waals surface area contributed by atoms with Gasteiger partial charge >= 0.3 is 0 Å². The number of nitrogens with one attached hydrogen (secondary N) is 1. The Kier molecular flexibility index (Phi) is 3.67. The summed E-state index contributed by atoms with van der Waals surface area (Å²) in [5, 5.41) is 4.12. The molecule has 0 aliphatic rings. The molecule has 1 N–H and O–H groups in total. The molecule has 0 fully saturated rings. The summed E-state index contributed by atoms with van der Waals surface area (Å²) in [4.78, 5) is 16.6. The van der Waals surface area contributed by atoms with E-state index in [1.165, 1.54) is 0 Å². The van der Waals surface area contributed by atoms with E-state index in [9.17, 15) is 4.79 Å². The summed E-state index contributed by atoms with van der Waals surface area (Å²) in [6.07, 6.45) is 5.47. The summed E-state index contributed by atoms with van der Waals surface area (Å²) in [5.74, 6) is -0.232. The third-order valence-corrected chi connectivity index (χ3v) is 4.07. The molecule has 3 rings (SSSR count). The first-order chi connectivity index (χ1) is 10.6. The molecule has 0 aliphatic heterocycles. The van der Waals surface area contributed by atoms with Crippen molar-refractivity contribution in [2.75, 3.05) is 5.32 Å². The number of aryl methyl sites for hydroxylation is 2. The van der Waals surface area contributed by atoms with Gasteiger partial charge in [0.2, 0.25) is 5.91 Å². The maximum atomic E-state index is 12.6. The highest BCUT2D eigenvalue weighted by atomic mass is 16.1. The number of para-hydroxylation sites is 1. The lowest BCUT2D eigenvalue weighted by Crippen LogP contribution is -2.19. The van der Waals surface area contributed by atoms with Gasteiger partial charge in [-0.3, -0.25) is 9.78 Å². The molecule has 0 bridgehead atoms. The Morgan fingerprint density at radius 2 is 2.05 bits per heavy atom. The predicted octanol–water partition coefficient (Wildman–Crippen LogP) is 3.62. The number of nitrogens with zero attached hydrogens (tertiary/aromatic N) is 2. The van der Waals surface area contributed by atoms with Crippen LogP contribution >= 0.6 is 0 Å². The number of carbonyl (C=O) groups is 1. The summed E-state index contributed by atoms with van der Waals surface area (Å²) in [6, 6.07) is 9.96. The number of pyridine rings is 1. The Labute approximate surface area is 129 Å². The average molecular weight is 293 g/mol. The summed E-state index contributed by atoms with van der Waals surface area (Å²) < 4.78 is 2.06. The molecule has 1 atom stereocenters. The maximum Gasteiger partial charge on any atom is 0.231 e. The van der Waals surface area contributed by atoms with E-state index in [2.05, 4.69) is 27.0 Å². The molecule has 0 radical (unpaired) electrons. The summed E-state index contributed by atoms with van der Waals surface area (Å²) in [5.41, 5.74) is 3.95. The minimum absolute atomic E-state index is 0.00865. The van der Waals surface area contributed by atoms with Crippen molar-refractivity contribution in [3.63, 3.8) is 0 Å². The van der Waals surface area contributed by atoms with Crippen molar-refractivity contribution in [2.24, 2.45) is 7.05 Å². The van der Waals surface area contributed by atoms with Crippen molar-refractivity contribution in [1.29, 1.82) is 0 Å². The van der Waals surface area contributed by atoms with Gasteiger partial charge in [0.05, 0.1) is 5.92 Å². The third kappa shape index (κ3) is 2.48. The van der Waals surface area contributed by atoms with E-state index in [1.807, 2.05) is 45.3 Å². The zero-order chi connectivity index (χ0) is 15.7. The first-order valence-corrected chi connectivity index (χ1v) is 7.33. The number of fused-ring (bicyclic) bond motifs is 1. The van der Waals surface area contributed by atoms with Gasteiger partial charge in [0.25, 0.3) is 0 Å². The summed E-state index contributed by atoms with van der Waals surface area (Å²) in [6.45, 7) is 3.87. The highest BCUT2D eigenvalue weighted by Crippen LogP contribution is 2.28. The molecular formula is C18H19N3O. The molecule has 1 amide bonds. The lowest BCUT2D eigenvalue weighted by Gasteiger charge is -2.13. The van der Waals surface area contributed by atoms with Crippen molar-refractivity contribution in [3.8, 4) is 0 Å². The van der Waals surface area contributed by atoms with Crippen molar-refractivity contribution in [1.82, 2.24) is 9.55 Å². The lowest BCUT2D eigenvalue weighted by atomic mass is 9.99. The molecule has 112 valence electrons. The van der Waals surface area contributed by atoms with Crippen LogP contribution in [0.4, 0.5) is 5.69 Å². The highest BCUT2D eigenvalue weighted by molar-refractivity contribution is 5.99. The van der Waals surface area contributed by atoms with E-state index >= 15 is 0 Å². The fraction of sp³-hybridized carbons (Fsp3) is 0.222. The molecule has 0 saturated carbocycles. The topological polar surface area (TPSA) is 46.9 Å². The quantitative estimate of drug-likeness (QED) is 0.801. The number of aromatic nitrogens is 2. The van der Waals surface area contributed by atoms with Crippen LogP contribution in [0.3, 0.4) is 0 Å². The molecule has 4 heteroatoms. The first kappa shape index (κ1) is 14.3. The second-order valence-corrected chi connectivity index (χ2v) is 5.61. The van der Waals surface area contributed by atoms with Gasteiger partial charge in [-0.2, -0.15) is 0 Å². The molecular weight excluding hydrogens is 274 g/mol. The van der Waals surface area contributed by atoms with Crippen molar-refractivity contribution >= 4 is 22.5 Å². The zero-order valence-electron chi connectivity index (χ0n) is 13.0. The van der Waals surface area contributed by atoms with Crippen molar-refractivity contribution < 1.29 is 4.79 Å². The van der Waals surface area contributed by atoms with Gasteiger partial charge in [-0.25, -0.2) is 0 Å². The molecule has 0 saturated heterocycles. The number of hydrogen-bond donors (Lipinski definition) is 1. The van der Waals surface area contributed by atoms with Crippen LogP contribution in [0.5, 0.6) is 0 Å². The van der Waals surface area contributed by atoms with Crippen LogP contribution in [0.2, 0.25) is 0 Å². The zero-order valence-corrected chi connectivity index (χ0v) is 13.0. The standard InChI is InChI=1S/C18H19N3O/c1-12-10-19-9-8-16(12)20-18(22)13(2)15-11-21(3)17-7-5-4-6-14(15)17/h4-11,13H,1-3H3,(H,19,20,22). The molecule has 2 heterocycles. The minimum Gasteiger partial charge on any atom is -0.350 e. The van der Waals surface area contributed by atoms with E-state index in [0.717, 1.165) is 27.7 Å². The van der Waals surface area contributed by atoms with Gasteiger partial charge in [-0.1, -0.05) is 18.2 Å². The van der Waals surface area contributed by atoms with Crippen LogP contribution in [0.25, 0.3) is 10.9 Å². The van der Waals surface area contributed by atoms with Crippen LogP contribution in [0, 0.1) is 6.92 Å². The highest BCUT2D eigenvalue weighted by Gasteiger charge is 2.20. The molecule has 22 heavy (non-hydrogen) atoms. The fourth-order valence-corrected chi connectivity index (χ4v) is 2.71. The Bertz CT molecular complexity index is 835. The van der Waals surface area contributed by atoms with Gasteiger partial charge in [0.1, 0.15) is 0 Å². The Morgan fingerprint density at radius 3 is 2.82 bits per heavy atom. The average Bonchev–Trinajstić information content (AvgIpc) is 2.86. The SMILES string of the molecule is Cc1cnccc1NC(=O)C(C)c1cn(C)c2ccccc12.